The fourth-order valence-corrected chi connectivity index (χ4v) is 1.37. The second-order valence-electron chi connectivity index (χ2n) is 2.91. The van der Waals surface area contributed by atoms with Gasteiger partial charge < -0.3 is 11.1 Å². The van der Waals surface area contributed by atoms with Gasteiger partial charge in [0.25, 0.3) is 0 Å². The van der Waals surface area contributed by atoms with Crippen molar-refractivity contribution in [3.63, 3.8) is 0 Å². The normalized spacial score (nSPS) is 23.9. The number of nitrogens with two attached hydrogens (primary N) is 1. The van der Waals surface area contributed by atoms with E-state index in [1.165, 1.54) is 19.3 Å². The Morgan fingerprint density at radius 3 is 2.91 bits per heavy atom. The van der Waals surface area contributed by atoms with Crippen LogP contribution in [-0.2, 0) is 0 Å². The van der Waals surface area contributed by atoms with Crippen LogP contribution < -0.4 is 11.1 Å². The highest BCUT2D eigenvalue weighted by atomic mass is 14.9. The van der Waals surface area contributed by atoms with Crippen LogP contribution in [0.3, 0.4) is 0 Å². The minimum absolute atomic E-state index is 0.493. The number of hydrogen-bond acceptors (Lipinski definition) is 2. The first-order valence-corrected chi connectivity index (χ1v) is 4.32. The van der Waals surface area contributed by atoms with Gasteiger partial charge in [-0.2, -0.15) is 0 Å². The quantitative estimate of drug-likeness (QED) is 0.536. The van der Waals surface area contributed by atoms with Crippen LogP contribution in [0.15, 0.2) is 0 Å². The molecule has 1 atom stereocenters. The van der Waals surface area contributed by atoms with Crippen LogP contribution in [0.1, 0.15) is 25.7 Å². The van der Waals surface area contributed by atoms with Crippen molar-refractivity contribution in [3.05, 3.63) is 0 Å². The Kier molecular flexibility index (Phi) is 4.03. The van der Waals surface area contributed by atoms with Gasteiger partial charge in [-0.25, -0.2) is 0 Å². The van der Waals surface area contributed by atoms with E-state index in [0.717, 1.165) is 13.0 Å². The lowest BCUT2D eigenvalue weighted by molar-refractivity contribution is 0.407. The predicted molar refractivity (Wildman–Crippen MR) is 47.1 cm³/mol. The number of nitrogens with one attached hydrogen (secondary N) is 1. The lowest BCUT2D eigenvalue weighted by Gasteiger charge is -2.20. The molecule has 2 nitrogen and oxygen atoms in total. The van der Waals surface area contributed by atoms with Crippen molar-refractivity contribution in [3.8, 4) is 11.8 Å². The SMILES string of the molecule is NCC#CCC1CCCCN1. The molecular formula is C9H16N2. The van der Waals surface area contributed by atoms with E-state index in [0.29, 0.717) is 12.6 Å². The van der Waals surface area contributed by atoms with Gasteiger partial charge >= 0.3 is 0 Å². The summed E-state index contributed by atoms with van der Waals surface area (Å²) in [5.41, 5.74) is 5.25. The fourth-order valence-electron chi connectivity index (χ4n) is 1.37. The molecule has 0 radical (unpaired) electrons. The first kappa shape index (κ1) is 8.58. The molecule has 0 bridgehead atoms. The van der Waals surface area contributed by atoms with Crippen molar-refractivity contribution < 1.29 is 0 Å². The van der Waals surface area contributed by atoms with Crippen LogP contribution in [0.2, 0.25) is 0 Å². The lowest BCUT2D eigenvalue weighted by atomic mass is 10.0. The highest BCUT2D eigenvalue weighted by molar-refractivity contribution is 5.02. The van der Waals surface area contributed by atoms with Crippen LogP contribution in [0.4, 0.5) is 0 Å². The molecule has 11 heavy (non-hydrogen) atoms. The van der Waals surface area contributed by atoms with Crippen molar-refractivity contribution in [1.29, 1.82) is 0 Å². The smallest absolute Gasteiger partial charge is 0.0551 e. The van der Waals surface area contributed by atoms with E-state index in [1.807, 2.05) is 0 Å². The Balaban J connectivity index is 2.14. The summed E-state index contributed by atoms with van der Waals surface area (Å²) in [6.07, 6.45) is 4.92. The molecule has 1 heterocycles. The molecule has 1 fully saturated rings. The zero-order valence-corrected chi connectivity index (χ0v) is 6.90. The van der Waals surface area contributed by atoms with E-state index in [9.17, 15) is 0 Å². The van der Waals surface area contributed by atoms with Gasteiger partial charge in [0.15, 0.2) is 0 Å². The number of rotatable bonds is 1. The molecule has 1 rings (SSSR count). The Labute approximate surface area is 68.5 Å². The van der Waals surface area contributed by atoms with Crippen LogP contribution in [-0.4, -0.2) is 19.1 Å². The summed E-state index contributed by atoms with van der Waals surface area (Å²) in [4.78, 5) is 0. The molecule has 0 aromatic carbocycles. The molecule has 0 aromatic rings. The molecule has 1 saturated heterocycles. The maximum absolute atomic E-state index is 5.25. The first-order chi connectivity index (χ1) is 5.43. The number of hydrogen-bond donors (Lipinski definition) is 2. The molecule has 62 valence electrons. The van der Waals surface area contributed by atoms with Crippen LogP contribution >= 0.6 is 0 Å². The Morgan fingerprint density at radius 1 is 1.36 bits per heavy atom. The predicted octanol–water partition coefficient (Wildman–Crippen LogP) is 0.481. The fraction of sp³-hybridized carbons (Fsp3) is 0.778. The standard InChI is InChI=1S/C9H16N2/c10-7-3-1-5-9-6-2-4-8-11-9/h9,11H,2,4-8,10H2. The summed E-state index contributed by atoms with van der Waals surface area (Å²) in [5, 5.41) is 3.43. The maximum atomic E-state index is 5.25. The van der Waals surface area contributed by atoms with Crippen molar-refractivity contribution >= 4 is 0 Å². The molecule has 3 N–H and O–H groups in total. The molecular weight excluding hydrogens is 136 g/mol. The second-order valence-corrected chi connectivity index (χ2v) is 2.91. The van der Waals surface area contributed by atoms with Crippen molar-refractivity contribution in [2.45, 2.75) is 31.7 Å². The monoisotopic (exact) mass is 152 g/mol. The van der Waals surface area contributed by atoms with E-state index in [2.05, 4.69) is 17.2 Å². The summed E-state index contributed by atoms with van der Waals surface area (Å²) in [7, 11) is 0. The van der Waals surface area contributed by atoms with Crippen LogP contribution in [0, 0.1) is 11.8 Å². The van der Waals surface area contributed by atoms with Crippen molar-refractivity contribution in [1.82, 2.24) is 5.32 Å². The van der Waals surface area contributed by atoms with Crippen LogP contribution in [0.25, 0.3) is 0 Å². The summed E-state index contributed by atoms with van der Waals surface area (Å²) in [6, 6.07) is 0.628. The highest BCUT2D eigenvalue weighted by Crippen LogP contribution is 2.08. The zero-order valence-electron chi connectivity index (χ0n) is 6.90. The zero-order chi connectivity index (χ0) is 7.94. The minimum atomic E-state index is 0.493. The van der Waals surface area contributed by atoms with Gasteiger partial charge in [-0.3, -0.25) is 0 Å². The minimum Gasteiger partial charge on any atom is -0.320 e. The second kappa shape index (κ2) is 5.17. The largest absolute Gasteiger partial charge is 0.320 e. The lowest BCUT2D eigenvalue weighted by Crippen LogP contribution is -2.33. The third kappa shape index (κ3) is 3.41. The average molecular weight is 152 g/mol. The van der Waals surface area contributed by atoms with Gasteiger partial charge in [0.05, 0.1) is 6.54 Å². The maximum Gasteiger partial charge on any atom is 0.0551 e. The highest BCUT2D eigenvalue weighted by Gasteiger charge is 2.09. The van der Waals surface area contributed by atoms with Crippen molar-refractivity contribution in [2.24, 2.45) is 5.73 Å². The molecule has 0 aromatic heterocycles. The Morgan fingerprint density at radius 2 is 2.27 bits per heavy atom. The third-order valence-corrected chi connectivity index (χ3v) is 1.99. The molecule has 1 aliphatic rings. The molecule has 1 aliphatic heterocycles. The van der Waals surface area contributed by atoms with Crippen molar-refractivity contribution in [2.75, 3.05) is 13.1 Å². The van der Waals surface area contributed by atoms with E-state index >= 15 is 0 Å². The molecule has 0 spiro atoms. The van der Waals surface area contributed by atoms with E-state index < -0.39 is 0 Å². The summed E-state index contributed by atoms with van der Waals surface area (Å²) in [5.74, 6) is 5.95. The molecule has 0 saturated carbocycles. The van der Waals surface area contributed by atoms with E-state index in [-0.39, 0.29) is 0 Å². The molecule has 2 heteroatoms. The topological polar surface area (TPSA) is 38.0 Å². The Hall–Kier alpha value is -0.520. The number of piperidine rings is 1. The summed E-state index contributed by atoms with van der Waals surface area (Å²) in [6.45, 7) is 1.65. The molecule has 0 amide bonds. The molecule has 0 aliphatic carbocycles. The van der Waals surface area contributed by atoms with Crippen LogP contribution in [0.5, 0.6) is 0 Å². The Bertz CT molecular complexity index is 149. The van der Waals surface area contributed by atoms with E-state index in [4.69, 9.17) is 5.73 Å². The van der Waals surface area contributed by atoms with Gasteiger partial charge in [0, 0.05) is 12.5 Å². The van der Waals surface area contributed by atoms with Gasteiger partial charge in [-0.1, -0.05) is 12.3 Å². The summed E-state index contributed by atoms with van der Waals surface area (Å²) < 4.78 is 0. The average Bonchev–Trinajstić information content (AvgIpc) is 2.07. The molecule has 1 unspecified atom stereocenters. The third-order valence-electron chi connectivity index (χ3n) is 1.99. The van der Waals surface area contributed by atoms with Gasteiger partial charge in [-0.05, 0) is 19.4 Å². The first-order valence-electron chi connectivity index (χ1n) is 4.32. The van der Waals surface area contributed by atoms with Gasteiger partial charge in [0.1, 0.15) is 0 Å². The van der Waals surface area contributed by atoms with E-state index in [1.54, 1.807) is 0 Å². The summed E-state index contributed by atoms with van der Waals surface area (Å²) >= 11 is 0. The van der Waals surface area contributed by atoms with Gasteiger partial charge in [-0.15, -0.1) is 5.92 Å². The van der Waals surface area contributed by atoms with Gasteiger partial charge in [0.2, 0.25) is 0 Å².